The normalized spacial score (nSPS) is 15.6. The highest BCUT2D eigenvalue weighted by Crippen LogP contribution is 2.37. The van der Waals surface area contributed by atoms with Crippen molar-refractivity contribution in [1.29, 1.82) is 0 Å². The average molecular weight is 576 g/mol. The second-order valence-corrected chi connectivity index (χ2v) is 9.46. The number of piperazine rings is 1. The number of aromatic nitrogens is 2. The van der Waals surface area contributed by atoms with Crippen LogP contribution in [-0.4, -0.2) is 73.3 Å². The highest BCUT2D eigenvalue weighted by Gasteiger charge is 2.38. The average Bonchev–Trinajstić information content (AvgIpc) is 2.96. The summed E-state index contributed by atoms with van der Waals surface area (Å²) in [5.41, 5.74) is 0.193. The van der Waals surface area contributed by atoms with Crippen LogP contribution in [0.2, 0.25) is 0 Å². The molecule has 0 aliphatic carbocycles. The molecule has 220 valence electrons. The van der Waals surface area contributed by atoms with Crippen molar-refractivity contribution in [2.75, 3.05) is 51.3 Å². The van der Waals surface area contributed by atoms with Crippen LogP contribution in [-0.2, 0) is 6.18 Å². The summed E-state index contributed by atoms with van der Waals surface area (Å²) >= 11 is 0. The Balaban J connectivity index is 1.63. The molecule has 2 aromatic heterocycles. The number of pyridine rings is 2. The first kappa shape index (κ1) is 30.0. The van der Waals surface area contributed by atoms with Crippen molar-refractivity contribution in [3.05, 3.63) is 65.6 Å². The molecule has 41 heavy (non-hydrogen) atoms. The minimum atomic E-state index is -4.86. The van der Waals surface area contributed by atoms with Crippen LogP contribution in [0.4, 0.5) is 23.2 Å². The van der Waals surface area contributed by atoms with Gasteiger partial charge in [-0.05, 0) is 62.9 Å². The van der Waals surface area contributed by atoms with E-state index in [1.54, 1.807) is 12.3 Å². The molecule has 0 bridgehead atoms. The van der Waals surface area contributed by atoms with Crippen molar-refractivity contribution in [3.8, 4) is 23.0 Å². The van der Waals surface area contributed by atoms with Crippen LogP contribution in [0.3, 0.4) is 0 Å². The lowest BCUT2D eigenvalue weighted by molar-refractivity contribution is -0.138. The zero-order valence-electron chi connectivity index (χ0n) is 23.2. The third-order valence-corrected chi connectivity index (χ3v) is 6.83. The zero-order chi connectivity index (χ0) is 29.6. The maximum Gasteiger partial charge on any atom is 0.417 e. The number of hydrogen-bond donors (Lipinski definition) is 1. The summed E-state index contributed by atoms with van der Waals surface area (Å²) in [6.07, 6.45) is -2.61. The second-order valence-electron chi connectivity index (χ2n) is 9.46. The minimum absolute atomic E-state index is 0.165. The van der Waals surface area contributed by atoms with Gasteiger partial charge in [-0.3, -0.25) is 4.79 Å². The van der Waals surface area contributed by atoms with Crippen LogP contribution >= 0.6 is 0 Å². The predicted octanol–water partition coefficient (Wildman–Crippen LogP) is 5.04. The van der Waals surface area contributed by atoms with Crippen LogP contribution < -0.4 is 19.7 Å². The van der Waals surface area contributed by atoms with Crippen molar-refractivity contribution in [2.24, 2.45) is 0 Å². The molecular formula is C29H33F4N5O3. The van der Waals surface area contributed by atoms with E-state index >= 15 is 0 Å². The summed E-state index contributed by atoms with van der Waals surface area (Å²) in [6, 6.07) is 9.31. The standard InChI is InChI=1S/C29H33F4N5O3/c1-4-20-18-37(28(39)21-9-8-19(30)17-23(21)29(31,32)33)14-15-38(20)25-11-10-24(36-27(25)41-16-13-34-3)22-7-6-12-35-26(22)40-5-2/h6-12,17,20,34H,4-5,13-16,18H2,1-3H3/t20-/m1/s1. The molecule has 1 aromatic carbocycles. The van der Waals surface area contributed by atoms with Crippen LogP contribution in [0.5, 0.6) is 11.8 Å². The number of carbonyl (C=O) groups is 1. The van der Waals surface area contributed by atoms with Gasteiger partial charge in [-0.1, -0.05) is 6.92 Å². The summed E-state index contributed by atoms with van der Waals surface area (Å²) in [4.78, 5) is 25.8. The van der Waals surface area contributed by atoms with E-state index in [9.17, 15) is 22.4 Å². The number of anilines is 1. The molecule has 0 spiro atoms. The number of nitrogens with one attached hydrogen (secondary N) is 1. The number of hydrogen-bond acceptors (Lipinski definition) is 7. The Morgan fingerprint density at radius 3 is 2.61 bits per heavy atom. The zero-order valence-corrected chi connectivity index (χ0v) is 23.2. The summed E-state index contributed by atoms with van der Waals surface area (Å²) in [6.45, 7) is 5.88. The Hall–Kier alpha value is -3.93. The molecule has 1 N–H and O–H groups in total. The van der Waals surface area contributed by atoms with E-state index in [1.165, 1.54) is 4.90 Å². The molecular weight excluding hydrogens is 542 g/mol. The number of benzene rings is 1. The molecule has 3 heterocycles. The van der Waals surface area contributed by atoms with E-state index in [0.29, 0.717) is 67.5 Å². The summed E-state index contributed by atoms with van der Waals surface area (Å²) < 4.78 is 66.2. The van der Waals surface area contributed by atoms with Gasteiger partial charge in [0.05, 0.1) is 29.0 Å². The molecule has 0 radical (unpaired) electrons. The van der Waals surface area contributed by atoms with Crippen molar-refractivity contribution in [3.63, 3.8) is 0 Å². The van der Waals surface area contributed by atoms with Crippen molar-refractivity contribution >= 4 is 11.6 Å². The van der Waals surface area contributed by atoms with E-state index in [4.69, 9.17) is 14.5 Å². The number of ether oxygens (including phenoxy) is 2. The van der Waals surface area contributed by atoms with Crippen molar-refractivity contribution in [1.82, 2.24) is 20.2 Å². The Kier molecular flexibility index (Phi) is 9.64. The molecule has 8 nitrogen and oxygen atoms in total. The molecule has 1 aliphatic rings. The first-order chi connectivity index (χ1) is 19.7. The topological polar surface area (TPSA) is 79.8 Å². The number of nitrogens with zero attached hydrogens (tertiary/aromatic N) is 4. The second kappa shape index (κ2) is 13.2. The molecule has 0 unspecified atom stereocenters. The fraction of sp³-hybridized carbons (Fsp3) is 0.414. The van der Waals surface area contributed by atoms with E-state index < -0.39 is 29.0 Å². The lowest BCUT2D eigenvalue weighted by Crippen LogP contribution is -2.55. The van der Waals surface area contributed by atoms with Gasteiger partial charge >= 0.3 is 6.18 Å². The van der Waals surface area contributed by atoms with E-state index in [0.717, 1.165) is 12.1 Å². The third kappa shape index (κ3) is 6.87. The lowest BCUT2D eigenvalue weighted by atomic mass is 10.0. The first-order valence-electron chi connectivity index (χ1n) is 13.5. The van der Waals surface area contributed by atoms with Crippen molar-refractivity contribution < 1.29 is 31.8 Å². The number of halogens is 4. The predicted molar refractivity (Wildman–Crippen MR) is 147 cm³/mol. The number of amides is 1. The van der Waals surface area contributed by atoms with E-state index in [-0.39, 0.29) is 19.1 Å². The maximum absolute atomic E-state index is 13.6. The van der Waals surface area contributed by atoms with Crippen molar-refractivity contribution in [2.45, 2.75) is 32.5 Å². The highest BCUT2D eigenvalue weighted by atomic mass is 19.4. The Morgan fingerprint density at radius 2 is 1.90 bits per heavy atom. The first-order valence-corrected chi connectivity index (χ1v) is 13.5. The van der Waals surface area contributed by atoms with Crippen LogP contribution in [0, 0.1) is 5.82 Å². The molecule has 3 aromatic rings. The molecule has 4 rings (SSSR count). The Labute approximate surface area is 236 Å². The van der Waals surface area contributed by atoms with Gasteiger partial charge in [-0.25, -0.2) is 14.4 Å². The smallest absolute Gasteiger partial charge is 0.417 e. The molecule has 1 saturated heterocycles. The van der Waals surface area contributed by atoms with Crippen LogP contribution in [0.15, 0.2) is 48.7 Å². The fourth-order valence-corrected chi connectivity index (χ4v) is 4.81. The van der Waals surface area contributed by atoms with Gasteiger partial charge in [0.2, 0.25) is 11.8 Å². The van der Waals surface area contributed by atoms with E-state index in [2.05, 4.69) is 15.2 Å². The Bertz CT molecular complexity index is 1350. The maximum atomic E-state index is 13.6. The molecule has 1 fully saturated rings. The van der Waals surface area contributed by atoms with Gasteiger partial charge in [0.25, 0.3) is 5.91 Å². The summed E-state index contributed by atoms with van der Waals surface area (Å²) in [5.74, 6) is -0.991. The Morgan fingerprint density at radius 1 is 1.10 bits per heavy atom. The minimum Gasteiger partial charge on any atom is -0.477 e. The van der Waals surface area contributed by atoms with Gasteiger partial charge in [0.15, 0.2) is 0 Å². The number of likely N-dealkylation sites (N-methyl/N-ethyl adjacent to an activating group) is 1. The molecule has 1 aliphatic heterocycles. The van der Waals surface area contributed by atoms with Crippen LogP contribution in [0.1, 0.15) is 36.2 Å². The van der Waals surface area contributed by atoms with Gasteiger partial charge in [-0.15, -0.1) is 0 Å². The molecule has 0 saturated carbocycles. The fourth-order valence-electron chi connectivity index (χ4n) is 4.81. The summed E-state index contributed by atoms with van der Waals surface area (Å²) in [7, 11) is 1.81. The number of alkyl halides is 3. The third-order valence-electron chi connectivity index (χ3n) is 6.83. The van der Waals surface area contributed by atoms with Gasteiger partial charge in [0, 0.05) is 38.4 Å². The highest BCUT2D eigenvalue weighted by molar-refractivity contribution is 5.96. The number of carbonyl (C=O) groups excluding carboxylic acids is 1. The SMILES string of the molecule is CCOc1ncccc1-c1ccc(N2CCN(C(=O)c3ccc(F)cc3C(F)(F)F)C[C@H]2CC)c(OCCNC)n1. The van der Waals surface area contributed by atoms with Gasteiger partial charge < -0.3 is 24.6 Å². The molecule has 1 atom stereocenters. The lowest BCUT2D eigenvalue weighted by Gasteiger charge is -2.43. The van der Waals surface area contributed by atoms with E-state index in [1.807, 2.05) is 39.1 Å². The molecule has 12 heteroatoms. The van der Waals surface area contributed by atoms with Gasteiger partial charge in [-0.2, -0.15) is 13.2 Å². The number of rotatable bonds is 10. The monoisotopic (exact) mass is 575 g/mol. The van der Waals surface area contributed by atoms with Crippen LogP contribution in [0.25, 0.3) is 11.3 Å². The van der Waals surface area contributed by atoms with Gasteiger partial charge in [0.1, 0.15) is 18.1 Å². The quantitative estimate of drug-likeness (QED) is 0.268. The molecule has 1 amide bonds. The summed E-state index contributed by atoms with van der Waals surface area (Å²) in [5, 5.41) is 3.04. The largest absolute Gasteiger partial charge is 0.477 e.